The number of aryl methyl sites for hydroxylation is 1. The van der Waals surface area contributed by atoms with Crippen molar-refractivity contribution in [1.82, 2.24) is 4.31 Å². The smallest absolute Gasteiger partial charge is 0.243 e. The summed E-state index contributed by atoms with van der Waals surface area (Å²) in [7, 11) is -3.75. The molecule has 0 saturated carbocycles. The van der Waals surface area contributed by atoms with E-state index in [2.05, 4.69) is 5.32 Å². The molecule has 0 atom stereocenters. The molecule has 1 amide bonds. The highest BCUT2D eigenvalue weighted by atomic mass is 35.5. The average Bonchev–Trinajstić information content (AvgIpc) is 2.55. The molecule has 0 spiro atoms. The SMILES string of the molecule is CCN(CC(=O)Nc1ccc(C)cc1)S(=O)(=O)c1ccc(Cl)cc1. The Hall–Kier alpha value is -1.89. The molecular formula is C17H19ClN2O3S. The van der Waals surface area contributed by atoms with Crippen LogP contribution in [0.5, 0.6) is 0 Å². The Labute approximate surface area is 147 Å². The van der Waals surface area contributed by atoms with E-state index < -0.39 is 15.9 Å². The number of anilines is 1. The van der Waals surface area contributed by atoms with Crippen LogP contribution in [0.15, 0.2) is 53.4 Å². The molecule has 128 valence electrons. The number of nitrogens with zero attached hydrogens (tertiary/aromatic N) is 1. The van der Waals surface area contributed by atoms with Crippen molar-refractivity contribution >= 4 is 33.2 Å². The summed E-state index contributed by atoms with van der Waals surface area (Å²) < 4.78 is 26.3. The number of halogens is 1. The summed E-state index contributed by atoms with van der Waals surface area (Å²) in [6, 6.07) is 13.2. The molecule has 0 heterocycles. The second kappa shape index (κ2) is 7.79. The highest BCUT2D eigenvalue weighted by Crippen LogP contribution is 2.18. The van der Waals surface area contributed by atoms with Gasteiger partial charge in [0.25, 0.3) is 0 Å². The average molecular weight is 367 g/mol. The zero-order chi connectivity index (χ0) is 17.7. The summed E-state index contributed by atoms with van der Waals surface area (Å²) in [5.74, 6) is -0.391. The number of amides is 1. The fourth-order valence-corrected chi connectivity index (χ4v) is 3.65. The third kappa shape index (κ3) is 4.56. The summed E-state index contributed by atoms with van der Waals surface area (Å²) in [4.78, 5) is 12.3. The van der Waals surface area contributed by atoms with Crippen LogP contribution in [0.3, 0.4) is 0 Å². The molecule has 0 bridgehead atoms. The number of sulfonamides is 1. The van der Waals surface area contributed by atoms with Gasteiger partial charge in [0, 0.05) is 17.3 Å². The summed E-state index contributed by atoms with van der Waals surface area (Å²) >= 11 is 5.79. The standard InChI is InChI=1S/C17H19ClN2O3S/c1-3-20(24(22,23)16-10-6-14(18)7-11-16)12-17(21)19-15-8-4-13(2)5-9-15/h4-11H,3,12H2,1-2H3,(H,19,21). The van der Waals surface area contributed by atoms with Crippen LogP contribution >= 0.6 is 11.6 Å². The first-order valence-corrected chi connectivity index (χ1v) is 9.27. The maximum Gasteiger partial charge on any atom is 0.243 e. The molecule has 7 heteroatoms. The zero-order valence-electron chi connectivity index (χ0n) is 13.5. The molecule has 0 saturated heterocycles. The quantitative estimate of drug-likeness (QED) is 0.853. The fraction of sp³-hybridized carbons (Fsp3) is 0.235. The molecule has 2 aromatic carbocycles. The fourth-order valence-electron chi connectivity index (χ4n) is 2.12. The largest absolute Gasteiger partial charge is 0.325 e. The van der Waals surface area contributed by atoms with Crippen molar-refractivity contribution in [2.75, 3.05) is 18.4 Å². The lowest BCUT2D eigenvalue weighted by Crippen LogP contribution is -2.37. The molecule has 0 aliphatic carbocycles. The number of likely N-dealkylation sites (N-methyl/N-ethyl adjacent to an activating group) is 1. The number of carbonyl (C=O) groups excluding carboxylic acids is 1. The van der Waals surface area contributed by atoms with Crippen LogP contribution in [-0.4, -0.2) is 31.7 Å². The van der Waals surface area contributed by atoms with Crippen molar-refractivity contribution in [3.8, 4) is 0 Å². The Morgan fingerprint density at radius 1 is 1.08 bits per heavy atom. The Balaban J connectivity index is 2.11. The second-order valence-corrected chi connectivity index (χ2v) is 7.67. The van der Waals surface area contributed by atoms with E-state index in [0.717, 1.165) is 9.87 Å². The third-order valence-corrected chi connectivity index (χ3v) is 5.65. The summed E-state index contributed by atoms with van der Waals surface area (Å²) in [5, 5.41) is 3.15. The van der Waals surface area contributed by atoms with E-state index in [1.165, 1.54) is 24.3 Å². The van der Waals surface area contributed by atoms with Crippen molar-refractivity contribution in [1.29, 1.82) is 0 Å². The molecule has 0 aliphatic heterocycles. The van der Waals surface area contributed by atoms with E-state index >= 15 is 0 Å². The molecule has 1 N–H and O–H groups in total. The van der Waals surface area contributed by atoms with Gasteiger partial charge in [-0.1, -0.05) is 36.2 Å². The van der Waals surface area contributed by atoms with Gasteiger partial charge in [-0.15, -0.1) is 0 Å². The number of benzene rings is 2. The first-order chi connectivity index (χ1) is 11.3. The number of hydrogen-bond acceptors (Lipinski definition) is 3. The summed E-state index contributed by atoms with van der Waals surface area (Å²) in [6.45, 7) is 3.57. The van der Waals surface area contributed by atoms with Crippen molar-refractivity contribution in [3.63, 3.8) is 0 Å². The topological polar surface area (TPSA) is 66.5 Å². The molecule has 2 aromatic rings. The number of rotatable bonds is 6. The molecule has 0 fully saturated rings. The molecule has 5 nitrogen and oxygen atoms in total. The molecule has 0 unspecified atom stereocenters. The van der Waals surface area contributed by atoms with E-state index in [9.17, 15) is 13.2 Å². The van der Waals surface area contributed by atoms with Gasteiger partial charge in [0.1, 0.15) is 0 Å². The predicted octanol–water partition coefficient (Wildman–Crippen LogP) is 3.30. The van der Waals surface area contributed by atoms with E-state index in [-0.39, 0.29) is 18.0 Å². The maximum atomic E-state index is 12.6. The van der Waals surface area contributed by atoms with Crippen molar-refractivity contribution < 1.29 is 13.2 Å². The molecule has 24 heavy (non-hydrogen) atoms. The van der Waals surface area contributed by atoms with Crippen LogP contribution in [0.2, 0.25) is 5.02 Å². The Morgan fingerprint density at radius 2 is 1.67 bits per heavy atom. The van der Waals surface area contributed by atoms with Crippen LogP contribution in [0.1, 0.15) is 12.5 Å². The third-order valence-electron chi connectivity index (χ3n) is 3.46. The first kappa shape index (κ1) is 18.4. The minimum absolute atomic E-state index is 0.108. The van der Waals surface area contributed by atoms with Gasteiger partial charge in [0.2, 0.25) is 15.9 Å². The lowest BCUT2D eigenvalue weighted by atomic mass is 10.2. The first-order valence-electron chi connectivity index (χ1n) is 7.45. The van der Waals surface area contributed by atoms with Crippen LogP contribution in [0, 0.1) is 6.92 Å². The monoisotopic (exact) mass is 366 g/mol. The van der Waals surface area contributed by atoms with Crippen molar-refractivity contribution in [3.05, 3.63) is 59.1 Å². The summed E-state index contributed by atoms with van der Waals surface area (Å²) in [6.07, 6.45) is 0. The minimum atomic E-state index is -3.75. The Morgan fingerprint density at radius 3 is 2.21 bits per heavy atom. The molecule has 0 aromatic heterocycles. The Bertz CT molecular complexity index is 803. The van der Waals surface area contributed by atoms with Gasteiger partial charge in [0.15, 0.2) is 0 Å². The van der Waals surface area contributed by atoms with Gasteiger partial charge in [-0.2, -0.15) is 4.31 Å². The lowest BCUT2D eigenvalue weighted by Gasteiger charge is -2.20. The Kier molecular flexibility index (Phi) is 5.99. The molecule has 0 radical (unpaired) electrons. The molecular weight excluding hydrogens is 348 g/mol. The van der Waals surface area contributed by atoms with Gasteiger partial charge in [-0.3, -0.25) is 4.79 Å². The van der Waals surface area contributed by atoms with E-state index in [1.807, 2.05) is 19.1 Å². The lowest BCUT2D eigenvalue weighted by molar-refractivity contribution is -0.116. The number of hydrogen-bond donors (Lipinski definition) is 1. The van der Waals surface area contributed by atoms with E-state index in [4.69, 9.17) is 11.6 Å². The van der Waals surface area contributed by atoms with E-state index in [1.54, 1.807) is 19.1 Å². The highest BCUT2D eigenvalue weighted by molar-refractivity contribution is 7.89. The molecule has 0 aliphatic rings. The van der Waals surface area contributed by atoms with Crippen LogP contribution < -0.4 is 5.32 Å². The van der Waals surface area contributed by atoms with Crippen LogP contribution in [-0.2, 0) is 14.8 Å². The van der Waals surface area contributed by atoms with Crippen LogP contribution in [0.4, 0.5) is 5.69 Å². The normalized spacial score (nSPS) is 11.5. The van der Waals surface area contributed by atoms with Gasteiger partial charge in [-0.25, -0.2) is 8.42 Å². The van der Waals surface area contributed by atoms with Crippen molar-refractivity contribution in [2.45, 2.75) is 18.7 Å². The second-order valence-electron chi connectivity index (χ2n) is 5.30. The minimum Gasteiger partial charge on any atom is -0.325 e. The van der Waals surface area contributed by atoms with E-state index in [0.29, 0.717) is 10.7 Å². The van der Waals surface area contributed by atoms with Crippen molar-refractivity contribution in [2.24, 2.45) is 0 Å². The molecule has 2 rings (SSSR count). The summed E-state index contributed by atoms with van der Waals surface area (Å²) in [5.41, 5.74) is 1.71. The zero-order valence-corrected chi connectivity index (χ0v) is 15.1. The maximum absolute atomic E-state index is 12.6. The van der Waals surface area contributed by atoms with Gasteiger partial charge >= 0.3 is 0 Å². The number of carbonyl (C=O) groups is 1. The predicted molar refractivity (Wildman–Crippen MR) is 95.7 cm³/mol. The number of nitrogens with one attached hydrogen (secondary N) is 1. The van der Waals surface area contributed by atoms with Gasteiger partial charge < -0.3 is 5.32 Å². The van der Waals surface area contributed by atoms with Gasteiger partial charge in [0.05, 0.1) is 11.4 Å². The highest BCUT2D eigenvalue weighted by Gasteiger charge is 2.25. The van der Waals surface area contributed by atoms with Crippen LogP contribution in [0.25, 0.3) is 0 Å². The van der Waals surface area contributed by atoms with Gasteiger partial charge in [-0.05, 0) is 43.3 Å².